The normalized spacial score (nSPS) is 11.1. The summed E-state index contributed by atoms with van der Waals surface area (Å²) in [5, 5.41) is 12.2. The molecule has 9 heteroatoms. The van der Waals surface area contributed by atoms with Gasteiger partial charge in [-0.05, 0) is 32.6 Å². The highest BCUT2D eigenvalue weighted by Gasteiger charge is 2.15. The number of fused-ring (bicyclic) bond motifs is 1. The van der Waals surface area contributed by atoms with E-state index in [0.29, 0.717) is 29.6 Å². The maximum absolute atomic E-state index is 12.3. The number of nitrogens with one attached hydrogen (secondary N) is 2. The Balaban J connectivity index is 1.73. The summed E-state index contributed by atoms with van der Waals surface area (Å²) in [4.78, 5) is 21.4. The van der Waals surface area contributed by atoms with Gasteiger partial charge in [-0.25, -0.2) is 14.6 Å². The van der Waals surface area contributed by atoms with Crippen molar-refractivity contribution in [2.24, 2.45) is 0 Å². The lowest BCUT2D eigenvalue weighted by atomic mass is 10.2. The summed E-state index contributed by atoms with van der Waals surface area (Å²) in [6, 6.07) is 1.75. The van der Waals surface area contributed by atoms with Gasteiger partial charge in [-0.1, -0.05) is 18.7 Å². The molecule has 0 aliphatic carbocycles. The lowest BCUT2D eigenvalue weighted by Crippen LogP contribution is -2.27. The van der Waals surface area contributed by atoms with Crippen LogP contribution in [-0.4, -0.2) is 45.0 Å². The summed E-state index contributed by atoms with van der Waals surface area (Å²) >= 11 is 1.49. The summed E-state index contributed by atoms with van der Waals surface area (Å²) in [6.07, 6.45) is 4.72. The van der Waals surface area contributed by atoms with Crippen LogP contribution in [0.5, 0.6) is 0 Å². The first-order valence-corrected chi connectivity index (χ1v) is 10.1. The average molecular weight is 388 g/mol. The molecule has 0 saturated carbocycles. The van der Waals surface area contributed by atoms with Crippen molar-refractivity contribution in [2.75, 3.05) is 24.7 Å². The molecule has 144 valence electrons. The van der Waals surface area contributed by atoms with Gasteiger partial charge in [-0.15, -0.1) is 0 Å². The van der Waals surface area contributed by atoms with Crippen LogP contribution in [0.15, 0.2) is 21.8 Å². The number of anilines is 1. The molecule has 0 fully saturated rings. The van der Waals surface area contributed by atoms with E-state index < -0.39 is 0 Å². The summed E-state index contributed by atoms with van der Waals surface area (Å²) < 4.78 is 7.21. The molecule has 2 N–H and O–H groups in total. The average Bonchev–Trinajstić information content (AvgIpc) is 3.22. The van der Waals surface area contributed by atoms with Crippen molar-refractivity contribution in [1.29, 1.82) is 0 Å². The van der Waals surface area contributed by atoms with Gasteiger partial charge < -0.3 is 15.1 Å². The number of furan rings is 1. The molecule has 0 atom stereocenters. The SMILES string of the molecule is CCCNc1nc(SC)nc2c1cnn2CCNC(=O)c1cc(C)oc1C. The molecule has 3 aromatic heterocycles. The van der Waals surface area contributed by atoms with E-state index in [1.165, 1.54) is 11.8 Å². The third-order valence-corrected chi connectivity index (χ3v) is 4.64. The standard InChI is InChI=1S/C18H24N6O2S/c1-5-6-19-15-14-10-21-24(16(14)23-18(22-15)27-4)8-7-20-17(25)13-9-11(2)26-12(13)3/h9-10H,5-8H2,1-4H3,(H,20,25)(H,19,22,23). The Hall–Kier alpha value is -2.55. The highest BCUT2D eigenvalue weighted by Crippen LogP contribution is 2.23. The zero-order valence-electron chi connectivity index (χ0n) is 16.0. The number of amides is 1. The molecular weight excluding hydrogens is 364 g/mol. The zero-order chi connectivity index (χ0) is 19.4. The Morgan fingerprint density at radius 3 is 2.78 bits per heavy atom. The molecule has 0 aliphatic heterocycles. The smallest absolute Gasteiger partial charge is 0.254 e. The number of thioether (sulfide) groups is 1. The molecular formula is C18H24N6O2S. The Kier molecular flexibility index (Phi) is 6.00. The number of hydrogen-bond donors (Lipinski definition) is 2. The van der Waals surface area contributed by atoms with E-state index in [2.05, 4.69) is 32.6 Å². The highest BCUT2D eigenvalue weighted by molar-refractivity contribution is 7.98. The fourth-order valence-corrected chi connectivity index (χ4v) is 3.16. The summed E-state index contributed by atoms with van der Waals surface area (Å²) in [5.41, 5.74) is 1.33. The van der Waals surface area contributed by atoms with Crippen molar-refractivity contribution in [1.82, 2.24) is 25.1 Å². The number of aryl methyl sites for hydroxylation is 2. The lowest BCUT2D eigenvalue weighted by molar-refractivity contribution is 0.0950. The predicted octanol–water partition coefficient (Wildman–Crippen LogP) is 3.01. The molecule has 0 aliphatic rings. The zero-order valence-corrected chi connectivity index (χ0v) is 16.8. The summed E-state index contributed by atoms with van der Waals surface area (Å²) in [5.74, 6) is 2.00. The van der Waals surface area contributed by atoms with Gasteiger partial charge in [0.15, 0.2) is 10.8 Å². The van der Waals surface area contributed by atoms with Crippen molar-refractivity contribution >= 4 is 34.5 Å². The van der Waals surface area contributed by atoms with E-state index in [-0.39, 0.29) is 5.91 Å². The van der Waals surface area contributed by atoms with Gasteiger partial charge in [0, 0.05) is 13.1 Å². The predicted molar refractivity (Wildman–Crippen MR) is 106 cm³/mol. The van der Waals surface area contributed by atoms with Gasteiger partial charge in [0.25, 0.3) is 5.91 Å². The van der Waals surface area contributed by atoms with Gasteiger partial charge >= 0.3 is 0 Å². The van der Waals surface area contributed by atoms with Crippen LogP contribution in [0.1, 0.15) is 35.2 Å². The van der Waals surface area contributed by atoms with Crippen molar-refractivity contribution in [2.45, 2.75) is 38.9 Å². The van der Waals surface area contributed by atoms with Gasteiger partial charge in [0.2, 0.25) is 0 Å². The molecule has 0 bridgehead atoms. The number of nitrogens with zero attached hydrogens (tertiary/aromatic N) is 4. The second-order valence-corrected chi connectivity index (χ2v) is 6.95. The minimum atomic E-state index is -0.148. The largest absolute Gasteiger partial charge is 0.466 e. The van der Waals surface area contributed by atoms with E-state index in [4.69, 9.17) is 4.42 Å². The van der Waals surface area contributed by atoms with Crippen LogP contribution in [0.2, 0.25) is 0 Å². The van der Waals surface area contributed by atoms with Crippen LogP contribution in [-0.2, 0) is 6.54 Å². The van der Waals surface area contributed by atoms with Gasteiger partial charge in [-0.2, -0.15) is 5.10 Å². The van der Waals surface area contributed by atoms with Crippen molar-refractivity contribution in [3.63, 3.8) is 0 Å². The van der Waals surface area contributed by atoms with Crippen LogP contribution in [0, 0.1) is 13.8 Å². The molecule has 3 heterocycles. The molecule has 0 unspecified atom stereocenters. The van der Waals surface area contributed by atoms with Crippen molar-refractivity contribution < 1.29 is 9.21 Å². The molecule has 3 aromatic rings. The molecule has 0 radical (unpaired) electrons. The quantitative estimate of drug-likeness (QED) is 0.452. The van der Waals surface area contributed by atoms with E-state index in [9.17, 15) is 4.79 Å². The lowest BCUT2D eigenvalue weighted by Gasteiger charge is -2.08. The fraction of sp³-hybridized carbons (Fsp3) is 0.444. The Morgan fingerprint density at radius 1 is 1.30 bits per heavy atom. The van der Waals surface area contributed by atoms with Crippen LogP contribution in [0.3, 0.4) is 0 Å². The number of carbonyl (C=O) groups is 1. The van der Waals surface area contributed by atoms with E-state index in [0.717, 1.165) is 35.6 Å². The molecule has 0 spiro atoms. The van der Waals surface area contributed by atoms with Crippen LogP contribution in [0.4, 0.5) is 5.82 Å². The van der Waals surface area contributed by atoms with E-state index in [1.807, 2.05) is 13.2 Å². The number of aromatic nitrogens is 4. The second kappa shape index (κ2) is 8.43. The highest BCUT2D eigenvalue weighted by atomic mass is 32.2. The van der Waals surface area contributed by atoms with Gasteiger partial charge in [0.1, 0.15) is 17.3 Å². The maximum Gasteiger partial charge on any atom is 0.254 e. The first-order valence-electron chi connectivity index (χ1n) is 8.90. The topological polar surface area (TPSA) is 97.9 Å². The number of rotatable bonds is 8. The van der Waals surface area contributed by atoms with Gasteiger partial charge in [-0.3, -0.25) is 4.79 Å². The fourth-order valence-electron chi connectivity index (χ4n) is 2.80. The second-order valence-electron chi connectivity index (χ2n) is 6.17. The Bertz CT molecular complexity index is 949. The summed E-state index contributed by atoms with van der Waals surface area (Å²) in [6.45, 7) is 7.51. The van der Waals surface area contributed by atoms with Crippen LogP contribution >= 0.6 is 11.8 Å². The van der Waals surface area contributed by atoms with Crippen LogP contribution in [0.25, 0.3) is 11.0 Å². The molecule has 1 amide bonds. The maximum atomic E-state index is 12.3. The molecule has 27 heavy (non-hydrogen) atoms. The minimum Gasteiger partial charge on any atom is -0.466 e. The van der Waals surface area contributed by atoms with Gasteiger partial charge in [0.05, 0.1) is 23.7 Å². The monoisotopic (exact) mass is 388 g/mol. The van der Waals surface area contributed by atoms with Crippen molar-refractivity contribution in [3.8, 4) is 0 Å². The number of carbonyl (C=O) groups excluding carboxylic acids is 1. The molecule has 0 saturated heterocycles. The molecule has 8 nitrogen and oxygen atoms in total. The first-order chi connectivity index (χ1) is 13.0. The third-order valence-electron chi connectivity index (χ3n) is 4.10. The van der Waals surface area contributed by atoms with E-state index >= 15 is 0 Å². The van der Waals surface area contributed by atoms with E-state index in [1.54, 1.807) is 23.9 Å². The minimum absolute atomic E-state index is 0.148. The Morgan fingerprint density at radius 2 is 2.11 bits per heavy atom. The summed E-state index contributed by atoms with van der Waals surface area (Å²) in [7, 11) is 0. The van der Waals surface area contributed by atoms with Crippen molar-refractivity contribution in [3.05, 3.63) is 29.3 Å². The molecule has 0 aromatic carbocycles. The Labute approximate surface area is 162 Å². The van der Waals surface area contributed by atoms with Crippen LogP contribution < -0.4 is 10.6 Å². The first kappa shape index (κ1) is 19.2. The number of hydrogen-bond acceptors (Lipinski definition) is 7. The molecule has 3 rings (SSSR count). The third kappa shape index (κ3) is 4.24.